The van der Waals surface area contributed by atoms with Crippen LogP contribution in [-0.4, -0.2) is 47.1 Å². The maximum Gasteiger partial charge on any atom is 0.254 e. The topological polar surface area (TPSA) is 55.3 Å². The largest absolute Gasteiger partial charge is 0.378 e. The van der Waals surface area contributed by atoms with E-state index in [9.17, 15) is 4.79 Å². The SMILES string of the molecule is CC(C)c1ccc2nc(-c3cccnc3)cc(C(=O)N3CCOCC3)c2c1. The Hall–Kier alpha value is -2.79. The van der Waals surface area contributed by atoms with Crippen molar-refractivity contribution in [2.75, 3.05) is 26.3 Å². The molecule has 1 amide bonds. The molecule has 1 aliphatic heterocycles. The normalized spacial score (nSPS) is 14.7. The summed E-state index contributed by atoms with van der Waals surface area (Å²) < 4.78 is 5.40. The zero-order chi connectivity index (χ0) is 18.8. The summed E-state index contributed by atoms with van der Waals surface area (Å²) in [4.78, 5) is 24.2. The highest BCUT2D eigenvalue weighted by atomic mass is 16.5. The van der Waals surface area contributed by atoms with E-state index in [1.54, 1.807) is 12.4 Å². The number of benzene rings is 1. The lowest BCUT2D eigenvalue weighted by Gasteiger charge is -2.27. The molecular weight excluding hydrogens is 338 g/mol. The minimum atomic E-state index is 0.0387. The number of morpholine rings is 1. The fourth-order valence-corrected chi connectivity index (χ4v) is 3.38. The van der Waals surface area contributed by atoms with Crippen LogP contribution >= 0.6 is 0 Å². The molecule has 5 nitrogen and oxygen atoms in total. The third-order valence-electron chi connectivity index (χ3n) is 4.99. The highest BCUT2D eigenvalue weighted by molar-refractivity contribution is 6.07. The second-order valence-electron chi connectivity index (χ2n) is 7.13. The molecule has 1 aromatic carbocycles. The van der Waals surface area contributed by atoms with E-state index in [0.717, 1.165) is 22.2 Å². The molecule has 3 aromatic rings. The van der Waals surface area contributed by atoms with Crippen LogP contribution in [0, 0.1) is 0 Å². The van der Waals surface area contributed by atoms with Gasteiger partial charge < -0.3 is 9.64 Å². The molecule has 0 saturated carbocycles. The lowest BCUT2D eigenvalue weighted by molar-refractivity contribution is 0.0304. The van der Waals surface area contributed by atoms with Crippen LogP contribution in [0.4, 0.5) is 0 Å². The molecule has 1 fully saturated rings. The van der Waals surface area contributed by atoms with Gasteiger partial charge in [-0.2, -0.15) is 0 Å². The number of fused-ring (bicyclic) bond motifs is 1. The third-order valence-corrected chi connectivity index (χ3v) is 4.99. The minimum absolute atomic E-state index is 0.0387. The van der Waals surface area contributed by atoms with Crippen molar-refractivity contribution in [2.45, 2.75) is 19.8 Å². The van der Waals surface area contributed by atoms with Gasteiger partial charge in [-0.3, -0.25) is 9.78 Å². The van der Waals surface area contributed by atoms with Crippen LogP contribution in [0.25, 0.3) is 22.2 Å². The number of pyridine rings is 2. The third kappa shape index (κ3) is 3.55. The molecule has 5 heteroatoms. The average molecular weight is 361 g/mol. The van der Waals surface area contributed by atoms with E-state index in [-0.39, 0.29) is 5.91 Å². The Balaban J connectivity index is 1.88. The zero-order valence-electron chi connectivity index (χ0n) is 15.7. The summed E-state index contributed by atoms with van der Waals surface area (Å²) in [6, 6.07) is 12.0. The molecule has 0 unspecified atom stereocenters. The van der Waals surface area contributed by atoms with E-state index in [4.69, 9.17) is 9.72 Å². The molecule has 0 radical (unpaired) electrons. The number of hydrogen-bond acceptors (Lipinski definition) is 4. The second-order valence-corrected chi connectivity index (χ2v) is 7.13. The van der Waals surface area contributed by atoms with E-state index in [0.29, 0.717) is 37.8 Å². The maximum absolute atomic E-state index is 13.3. The first-order valence-corrected chi connectivity index (χ1v) is 9.35. The summed E-state index contributed by atoms with van der Waals surface area (Å²) in [7, 11) is 0. The van der Waals surface area contributed by atoms with Crippen molar-refractivity contribution in [3.63, 3.8) is 0 Å². The van der Waals surface area contributed by atoms with Gasteiger partial charge in [0.2, 0.25) is 0 Å². The van der Waals surface area contributed by atoms with Gasteiger partial charge in [0.05, 0.1) is 30.0 Å². The second kappa shape index (κ2) is 7.45. The van der Waals surface area contributed by atoms with Gasteiger partial charge in [-0.25, -0.2) is 4.98 Å². The quantitative estimate of drug-likeness (QED) is 0.710. The molecule has 0 aliphatic carbocycles. The Labute approximate surface area is 159 Å². The molecular formula is C22H23N3O2. The first kappa shape index (κ1) is 17.6. The van der Waals surface area contributed by atoms with Crippen LogP contribution in [0.1, 0.15) is 35.7 Å². The fraction of sp³-hybridized carbons (Fsp3) is 0.318. The highest BCUT2D eigenvalue weighted by Crippen LogP contribution is 2.28. The van der Waals surface area contributed by atoms with Gasteiger partial charge in [-0.1, -0.05) is 19.9 Å². The molecule has 138 valence electrons. The summed E-state index contributed by atoms with van der Waals surface area (Å²) in [5, 5.41) is 0.908. The van der Waals surface area contributed by atoms with Crippen LogP contribution in [0.5, 0.6) is 0 Å². The van der Waals surface area contributed by atoms with E-state index in [1.807, 2.05) is 29.2 Å². The first-order chi connectivity index (χ1) is 13.1. The van der Waals surface area contributed by atoms with Crippen molar-refractivity contribution in [1.29, 1.82) is 0 Å². The van der Waals surface area contributed by atoms with Gasteiger partial charge >= 0.3 is 0 Å². The first-order valence-electron chi connectivity index (χ1n) is 9.35. The molecule has 3 heterocycles. The molecule has 0 atom stereocenters. The number of hydrogen-bond donors (Lipinski definition) is 0. The van der Waals surface area contributed by atoms with Crippen molar-refractivity contribution in [1.82, 2.24) is 14.9 Å². The summed E-state index contributed by atoms with van der Waals surface area (Å²) in [6.07, 6.45) is 3.51. The Morgan fingerprint density at radius 3 is 2.67 bits per heavy atom. The Morgan fingerprint density at radius 1 is 1.15 bits per heavy atom. The summed E-state index contributed by atoms with van der Waals surface area (Å²) in [6.45, 7) is 6.72. The van der Waals surface area contributed by atoms with Gasteiger partial charge in [-0.15, -0.1) is 0 Å². The summed E-state index contributed by atoms with van der Waals surface area (Å²) in [5.41, 5.74) is 4.41. The smallest absolute Gasteiger partial charge is 0.254 e. The van der Waals surface area contributed by atoms with Gasteiger partial charge in [0, 0.05) is 36.4 Å². The summed E-state index contributed by atoms with van der Waals surface area (Å²) >= 11 is 0. The fourth-order valence-electron chi connectivity index (χ4n) is 3.38. The molecule has 0 N–H and O–H groups in total. The highest BCUT2D eigenvalue weighted by Gasteiger charge is 2.22. The van der Waals surface area contributed by atoms with Crippen LogP contribution < -0.4 is 0 Å². The predicted molar refractivity (Wildman–Crippen MR) is 106 cm³/mol. The van der Waals surface area contributed by atoms with Crippen molar-refractivity contribution >= 4 is 16.8 Å². The van der Waals surface area contributed by atoms with Gasteiger partial charge in [0.25, 0.3) is 5.91 Å². The van der Waals surface area contributed by atoms with Gasteiger partial charge in [0.1, 0.15) is 0 Å². The molecule has 0 spiro atoms. The van der Waals surface area contributed by atoms with Crippen LogP contribution in [-0.2, 0) is 4.74 Å². The molecule has 0 bridgehead atoms. The number of ether oxygens (including phenoxy) is 1. The van der Waals surface area contributed by atoms with Gasteiger partial charge in [0.15, 0.2) is 0 Å². The van der Waals surface area contributed by atoms with Crippen molar-refractivity contribution < 1.29 is 9.53 Å². The zero-order valence-corrected chi connectivity index (χ0v) is 15.7. The molecule has 1 aliphatic rings. The van der Waals surface area contributed by atoms with E-state index in [2.05, 4.69) is 31.0 Å². The number of carbonyl (C=O) groups excluding carboxylic acids is 1. The lowest BCUT2D eigenvalue weighted by Crippen LogP contribution is -2.40. The maximum atomic E-state index is 13.3. The lowest BCUT2D eigenvalue weighted by atomic mass is 9.97. The van der Waals surface area contributed by atoms with E-state index in [1.165, 1.54) is 5.56 Å². The van der Waals surface area contributed by atoms with Crippen molar-refractivity contribution in [3.8, 4) is 11.3 Å². The Morgan fingerprint density at radius 2 is 1.96 bits per heavy atom. The number of nitrogens with zero attached hydrogens (tertiary/aromatic N) is 3. The van der Waals surface area contributed by atoms with Crippen LogP contribution in [0.15, 0.2) is 48.8 Å². The number of rotatable bonds is 3. The number of aromatic nitrogens is 2. The van der Waals surface area contributed by atoms with E-state index < -0.39 is 0 Å². The number of amides is 1. The van der Waals surface area contributed by atoms with Gasteiger partial charge in [-0.05, 0) is 41.8 Å². The number of carbonyl (C=O) groups is 1. The van der Waals surface area contributed by atoms with E-state index >= 15 is 0 Å². The predicted octanol–water partition coefficient (Wildman–Crippen LogP) is 3.89. The Kier molecular flexibility index (Phi) is 4.86. The average Bonchev–Trinajstić information content (AvgIpc) is 2.73. The van der Waals surface area contributed by atoms with Crippen molar-refractivity contribution in [3.05, 3.63) is 59.9 Å². The summed E-state index contributed by atoms with van der Waals surface area (Å²) in [5.74, 6) is 0.426. The molecule has 2 aromatic heterocycles. The van der Waals surface area contributed by atoms with Crippen LogP contribution in [0.2, 0.25) is 0 Å². The van der Waals surface area contributed by atoms with Crippen LogP contribution in [0.3, 0.4) is 0 Å². The molecule has 4 rings (SSSR count). The standard InChI is InChI=1S/C22H23N3O2/c1-15(2)16-5-6-20-18(12-16)19(22(26)25-8-10-27-11-9-25)13-21(24-20)17-4-3-7-23-14-17/h3-7,12-15H,8-11H2,1-2H3. The monoisotopic (exact) mass is 361 g/mol. The molecule has 1 saturated heterocycles. The minimum Gasteiger partial charge on any atom is -0.378 e. The Bertz CT molecular complexity index is 964. The molecule has 27 heavy (non-hydrogen) atoms. The van der Waals surface area contributed by atoms with Crippen molar-refractivity contribution in [2.24, 2.45) is 0 Å².